The molecule has 2 aromatic carbocycles. The van der Waals surface area contributed by atoms with Gasteiger partial charge in [-0.05, 0) is 55.9 Å². The van der Waals surface area contributed by atoms with E-state index in [0.717, 1.165) is 113 Å². The zero-order valence-corrected chi connectivity index (χ0v) is 29.5. The van der Waals surface area contributed by atoms with Gasteiger partial charge in [0, 0.05) is 61.3 Å². The highest BCUT2D eigenvalue weighted by Gasteiger charge is 2.28. The van der Waals surface area contributed by atoms with E-state index in [1.165, 1.54) is 0 Å². The number of H-pyrrole nitrogens is 2. The zero-order valence-electron chi connectivity index (χ0n) is 27.9. The van der Waals surface area contributed by atoms with Gasteiger partial charge in [-0.15, -0.1) is 23.5 Å². The molecule has 2 atom stereocenters. The van der Waals surface area contributed by atoms with Gasteiger partial charge in [-0.3, -0.25) is 19.6 Å². The summed E-state index contributed by atoms with van der Waals surface area (Å²) in [4.78, 5) is 42.3. The minimum absolute atomic E-state index is 0.0624. The molecule has 0 amide bonds. The van der Waals surface area contributed by atoms with E-state index in [1.54, 1.807) is 23.5 Å². The van der Waals surface area contributed by atoms with Gasteiger partial charge in [0.2, 0.25) is 0 Å². The molecule has 50 heavy (non-hydrogen) atoms. The standard InChI is InChI=1S/C37H42N6O5S2/c44-32(17-26-20-49-36(40-26)30-15-23-3-1-5-28(34(23)42-30)38-19-22-7-11-46-12-8-22)48-33(45)18-27-21-50-37(41-27)31-16-24-4-2-6-29(35(24)43-31)39-25-9-13-47-14-10-25/h1-6,15-16,22,25-27,38-39,42-43H,7-14,17-21H2. The summed E-state index contributed by atoms with van der Waals surface area (Å²) in [5.41, 5.74) is 6.13. The van der Waals surface area contributed by atoms with Gasteiger partial charge in [0.05, 0.1) is 58.7 Å². The average Bonchev–Trinajstić information content (AvgIpc) is 3.94. The van der Waals surface area contributed by atoms with Crippen LogP contribution in [0.25, 0.3) is 21.8 Å². The van der Waals surface area contributed by atoms with Crippen LogP contribution in [0.15, 0.2) is 58.5 Å². The third-order valence-corrected chi connectivity index (χ3v) is 12.0. The summed E-state index contributed by atoms with van der Waals surface area (Å²) in [7, 11) is 0. The number of aromatic nitrogens is 2. The molecule has 6 heterocycles. The molecule has 2 saturated heterocycles. The molecule has 13 heteroatoms. The molecule has 4 aliphatic rings. The zero-order chi connectivity index (χ0) is 33.9. The Morgan fingerprint density at radius 2 is 1.30 bits per heavy atom. The number of nitrogens with zero attached hydrogens (tertiary/aromatic N) is 2. The number of benzene rings is 2. The van der Waals surface area contributed by atoms with Crippen LogP contribution < -0.4 is 10.6 Å². The number of aliphatic imine (C=N–C) groups is 2. The van der Waals surface area contributed by atoms with E-state index in [-0.39, 0.29) is 24.9 Å². The van der Waals surface area contributed by atoms with Gasteiger partial charge >= 0.3 is 11.9 Å². The number of nitrogens with one attached hydrogen (secondary N) is 4. The first kappa shape index (κ1) is 33.4. The van der Waals surface area contributed by atoms with Gasteiger partial charge in [-0.1, -0.05) is 24.3 Å². The Balaban J connectivity index is 0.839. The fourth-order valence-corrected chi connectivity index (χ4v) is 9.07. The molecular formula is C37H42N6O5S2. The predicted molar refractivity (Wildman–Crippen MR) is 202 cm³/mol. The van der Waals surface area contributed by atoms with Crippen LogP contribution in [-0.4, -0.2) is 94.6 Å². The molecular weight excluding hydrogens is 673 g/mol. The van der Waals surface area contributed by atoms with Crippen molar-refractivity contribution in [3.05, 3.63) is 59.9 Å². The number of hydrogen-bond acceptors (Lipinski definition) is 11. The number of rotatable bonds is 11. The van der Waals surface area contributed by atoms with Crippen molar-refractivity contribution in [2.24, 2.45) is 15.9 Å². The van der Waals surface area contributed by atoms with Crippen molar-refractivity contribution in [3.8, 4) is 0 Å². The second-order valence-electron chi connectivity index (χ2n) is 13.4. The summed E-state index contributed by atoms with van der Waals surface area (Å²) >= 11 is 3.23. The number of fused-ring (bicyclic) bond motifs is 2. The molecule has 262 valence electrons. The van der Waals surface area contributed by atoms with E-state index < -0.39 is 11.9 Å². The first-order chi connectivity index (χ1) is 24.5. The minimum Gasteiger partial charge on any atom is -0.393 e. The Morgan fingerprint density at radius 3 is 1.90 bits per heavy atom. The third kappa shape index (κ3) is 7.75. The van der Waals surface area contributed by atoms with Crippen LogP contribution in [0.5, 0.6) is 0 Å². The molecule has 0 aliphatic carbocycles. The second kappa shape index (κ2) is 15.2. The molecule has 0 bridgehead atoms. The van der Waals surface area contributed by atoms with Crippen molar-refractivity contribution in [2.75, 3.05) is 55.1 Å². The molecule has 11 nitrogen and oxygen atoms in total. The monoisotopic (exact) mass is 714 g/mol. The van der Waals surface area contributed by atoms with Crippen molar-refractivity contribution in [1.82, 2.24) is 9.97 Å². The molecule has 4 aromatic rings. The third-order valence-electron chi connectivity index (χ3n) is 9.73. The lowest BCUT2D eigenvalue weighted by molar-refractivity contribution is -0.159. The van der Waals surface area contributed by atoms with Gasteiger partial charge in [0.15, 0.2) is 0 Å². The van der Waals surface area contributed by atoms with Gasteiger partial charge in [-0.25, -0.2) is 0 Å². The molecule has 4 aliphatic heterocycles. The maximum absolute atomic E-state index is 12.8. The summed E-state index contributed by atoms with van der Waals surface area (Å²) in [6.45, 7) is 4.15. The van der Waals surface area contributed by atoms with E-state index in [1.807, 2.05) is 0 Å². The van der Waals surface area contributed by atoms with Crippen LogP contribution in [0.4, 0.5) is 11.4 Å². The van der Waals surface area contributed by atoms with Crippen LogP contribution in [-0.2, 0) is 23.8 Å². The molecule has 2 fully saturated rings. The van der Waals surface area contributed by atoms with Crippen LogP contribution in [0.1, 0.15) is 49.9 Å². The Labute approximate surface area is 299 Å². The molecule has 8 rings (SSSR count). The number of hydrogen-bond donors (Lipinski definition) is 4. The number of aromatic amines is 2. The molecule has 4 N–H and O–H groups in total. The molecule has 0 spiro atoms. The lowest BCUT2D eigenvalue weighted by Crippen LogP contribution is -2.27. The van der Waals surface area contributed by atoms with Crippen LogP contribution in [0.2, 0.25) is 0 Å². The topological polar surface area (TPSA) is 142 Å². The lowest BCUT2D eigenvalue weighted by atomic mass is 10.0. The molecule has 0 saturated carbocycles. The predicted octanol–water partition coefficient (Wildman–Crippen LogP) is 6.35. The number of carbonyl (C=O) groups excluding carboxylic acids is 2. The van der Waals surface area contributed by atoms with Gasteiger partial charge in [-0.2, -0.15) is 0 Å². The maximum Gasteiger partial charge on any atom is 0.315 e. The van der Waals surface area contributed by atoms with E-state index in [0.29, 0.717) is 23.5 Å². The van der Waals surface area contributed by atoms with Gasteiger partial charge < -0.3 is 34.8 Å². The fraction of sp³-hybridized carbons (Fsp3) is 0.459. The summed E-state index contributed by atoms with van der Waals surface area (Å²) in [6.07, 6.45) is 4.27. The highest BCUT2D eigenvalue weighted by atomic mass is 32.2. The van der Waals surface area contributed by atoms with Crippen molar-refractivity contribution in [2.45, 2.75) is 56.7 Å². The van der Waals surface area contributed by atoms with Crippen molar-refractivity contribution in [1.29, 1.82) is 0 Å². The summed E-state index contributed by atoms with van der Waals surface area (Å²) in [5, 5.41) is 11.3. The average molecular weight is 715 g/mol. The lowest BCUT2D eigenvalue weighted by Gasteiger charge is -2.24. The molecule has 0 radical (unpaired) electrons. The van der Waals surface area contributed by atoms with Crippen molar-refractivity contribution in [3.63, 3.8) is 0 Å². The number of anilines is 2. The Kier molecular flexibility index (Phi) is 10.2. The number of para-hydroxylation sites is 2. The normalized spacial score (nSPS) is 21.8. The van der Waals surface area contributed by atoms with Gasteiger partial charge in [0.25, 0.3) is 0 Å². The van der Waals surface area contributed by atoms with Crippen molar-refractivity contribution < 1.29 is 23.8 Å². The van der Waals surface area contributed by atoms with E-state index >= 15 is 0 Å². The van der Waals surface area contributed by atoms with Crippen molar-refractivity contribution >= 4 is 78.7 Å². The first-order valence-corrected chi connectivity index (χ1v) is 19.6. The minimum atomic E-state index is -0.545. The summed E-state index contributed by atoms with van der Waals surface area (Å²) in [5.74, 6) is 0.841. The van der Waals surface area contributed by atoms with E-state index in [2.05, 4.69) is 69.1 Å². The Hall–Kier alpha value is -3.78. The summed E-state index contributed by atoms with van der Waals surface area (Å²) < 4.78 is 16.3. The highest BCUT2D eigenvalue weighted by molar-refractivity contribution is 8.15. The second-order valence-corrected chi connectivity index (χ2v) is 15.4. The van der Waals surface area contributed by atoms with E-state index in [9.17, 15) is 9.59 Å². The quantitative estimate of drug-likeness (QED) is 0.103. The smallest absolute Gasteiger partial charge is 0.315 e. The van der Waals surface area contributed by atoms with Crippen LogP contribution in [0, 0.1) is 5.92 Å². The highest BCUT2D eigenvalue weighted by Crippen LogP contribution is 2.32. The largest absolute Gasteiger partial charge is 0.393 e. The molecule has 2 unspecified atom stereocenters. The SMILES string of the molecule is O=C(CC1CSC(c2cc3cccc(NCC4CCOCC4)c3[nH]2)=N1)OC(=O)CC1CSC(c2cc3cccc(NC4CCOCC4)c3[nH]2)=N1. The number of carbonyl (C=O) groups is 2. The fourth-order valence-electron chi connectivity index (χ4n) is 7.01. The van der Waals surface area contributed by atoms with E-state index in [4.69, 9.17) is 24.2 Å². The van der Waals surface area contributed by atoms with Crippen LogP contribution >= 0.6 is 23.5 Å². The first-order valence-electron chi connectivity index (χ1n) is 17.6. The number of thioether (sulfide) groups is 2. The van der Waals surface area contributed by atoms with Crippen LogP contribution in [0.3, 0.4) is 0 Å². The molecule has 2 aromatic heterocycles. The Bertz CT molecular complexity index is 1930. The maximum atomic E-state index is 12.8. The Morgan fingerprint density at radius 1 is 0.760 bits per heavy atom. The number of ether oxygens (including phenoxy) is 3. The summed E-state index contributed by atoms with van der Waals surface area (Å²) in [6, 6.07) is 16.6. The number of esters is 2. The van der Waals surface area contributed by atoms with Gasteiger partial charge in [0.1, 0.15) is 10.1 Å².